The van der Waals surface area contributed by atoms with E-state index in [-0.39, 0.29) is 5.91 Å². The van der Waals surface area contributed by atoms with Crippen molar-refractivity contribution in [1.29, 1.82) is 0 Å². The topological polar surface area (TPSA) is 58.8 Å². The highest BCUT2D eigenvalue weighted by Gasteiger charge is 2.25. The molecule has 0 aliphatic carbocycles. The van der Waals surface area contributed by atoms with Crippen LogP contribution in [0.1, 0.15) is 35.3 Å². The molecule has 0 saturated heterocycles. The van der Waals surface area contributed by atoms with Gasteiger partial charge in [0.05, 0.1) is 18.7 Å². The Morgan fingerprint density at radius 2 is 1.71 bits per heavy atom. The minimum absolute atomic E-state index is 0.0391. The number of hydrogen-bond acceptors (Lipinski definition) is 5. The summed E-state index contributed by atoms with van der Waals surface area (Å²) in [4.78, 5) is 17.3. The first-order valence-corrected chi connectivity index (χ1v) is 10.7. The third-order valence-corrected chi connectivity index (χ3v) is 5.37. The first kappa shape index (κ1) is 22.6. The molecule has 0 N–H and O–H groups in total. The maximum absolute atomic E-state index is 13.4. The van der Waals surface area contributed by atoms with E-state index < -0.39 is 0 Å². The molecule has 0 spiro atoms. The monoisotopic (exact) mass is 421 g/mol. The normalized spacial score (nSPS) is 10.8. The van der Waals surface area contributed by atoms with Crippen LogP contribution in [0.4, 0.5) is 5.88 Å². The number of hydrogen-bond donors (Lipinski definition) is 0. The van der Waals surface area contributed by atoms with E-state index in [0.717, 1.165) is 35.5 Å². The molecule has 1 aromatic heterocycles. The number of aryl methyl sites for hydroxylation is 1. The van der Waals surface area contributed by atoms with Gasteiger partial charge in [0.15, 0.2) is 0 Å². The smallest absolute Gasteiger partial charge is 0.254 e. The first-order valence-electron chi connectivity index (χ1n) is 10.7. The van der Waals surface area contributed by atoms with E-state index in [1.807, 2.05) is 61.5 Å². The lowest BCUT2D eigenvalue weighted by atomic mass is 10.1. The molecule has 2 aromatic carbocycles. The molecular formula is C25H31N3O3. The Balaban J connectivity index is 2.01. The number of carbonyl (C=O) groups is 1. The minimum atomic E-state index is -0.0391. The second kappa shape index (κ2) is 10.8. The largest absolute Gasteiger partial charge is 0.383 e. The zero-order valence-corrected chi connectivity index (χ0v) is 18.8. The van der Waals surface area contributed by atoms with E-state index >= 15 is 0 Å². The van der Waals surface area contributed by atoms with Gasteiger partial charge in [0.25, 0.3) is 5.91 Å². The van der Waals surface area contributed by atoms with Crippen LogP contribution < -0.4 is 4.90 Å². The number of rotatable bonds is 10. The van der Waals surface area contributed by atoms with Crippen LogP contribution in [0.15, 0.2) is 59.1 Å². The van der Waals surface area contributed by atoms with E-state index in [2.05, 4.69) is 23.9 Å². The van der Waals surface area contributed by atoms with Gasteiger partial charge in [-0.1, -0.05) is 53.2 Å². The zero-order valence-electron chi connectivity index (χ0n) is 18.8. The Morgan fingerprint density at radius 3 is 2.32 bits per heavy atom. The van der Waals surface area contributed by atoms with Gasteiger partial charge in [-0.25, -0.2) is 0 Å². The molecule has 164 valence electrons. The molecule has 3 rings (SSSR count). The van der Waals surface area contributed by atoms with Crippen LogP contribution in [0.3, 0.4) is 0 Å². The summed E-state index contributed by atoms with van der Waals surface area (Å²) in [6.45, 7) is 9.06. The van der Waals surface area contributed by atoms with Crippen molar-refractivity contribution >= 4 is 11.8 Å². The number of methoxy groups -OCH3 is 1. The summed E-state index contributed by atoms with van der Waals surface area (Å²) in [5.41, 5.74) is 4.42. The van der Waals surface area contributed by atoms with Gasteiger partial charge in [0.1, 0.15) is 5.69 Å². The molecule has 0 bridgehead atoms. The highest BCUT2D eigenvalue weighted by atomic mass is 16.5. The maximum Gasteiger partial charge on any atom is 0.254 e. The highest BCUT2D eigenvalue weighted by molar-refractivity contribution is 5.94. The molecule has 0 fully saturated rings. The van der Waals surface area contributed by atoms with Crippen LogP contribution in [0.2, 0.25) is 0 Å². The van der Waals surface area contributed by atoms with Crippen LogP contribution in [-0.4, -0.2) is 49.3 Å². The van der Waals surface area contributed by atoms with Gasteiger partial charge in [0.2, 0.25) is 5.88 Å². The minimum Gasteiger partial charge on any atom is -0.383 e. The molecule has 6 heteroatoms. The number of benzene rings is 2. The van der Waals surface area contributed by atoms with Crippen LogP contribution >= 0.6 is 0 Å². The Morgan fingerprint density at radius 1 is 1.03 bits per heavy atom. The Kier molecular flexibility index (Phi) is 7.84. The molecule has 31 heavy (non-hydrogen) atoms. The summed E-state index contributed by atoms with van der Waals surface area (Å²) in [5, 5.41) is 4.39. The number of ether oxygens (including phenoxy) is 1. The summed E-state index contributed by atoms with van der Waals surface area (Å²) in [5.74, 6) is 0.672. The van der Waals surface area contributed by atoms with Crippen LogP contribution in [0.5, 0.6) is 0 Å². The molecule has 6 nitrogen and oxygen atoms in total. The van der Waals surface area contributed by atoms with Crippen LogP contribution in [-0.2, 0) is 11.3 Å². The molecular weight excluding hydrogens is 390 g/mol. The lowest BCUT2D eigenvalue weighted by Crippen LogP contribution is -2.34. The Labute approximate surface area is 184 Å². The molecule has 1 heterocycles. The standard InChI is InChI=1S/C25H31N3O3/c1-5-27(6-2)25-22(23(26-31-25)20-10-8-7-9-11-20)18-28(16-17-30-4)24(29)21-14-12-19(3)13-15-21/h7-15H,5-6,16-18H2,1-4H3. The lowest BCUT2D eigenvalue weighted by molar-refractivity contribution is 0.0681. The SMILES string of the molecule is CCN(CC)c1onc(-c2ccccc2)c1CN(CCOC)C(=O)c1ccc(C)cc1. The van der Waals surface area contributed by atoms with Crippen molar-refractivity contribution in [3.8, 4) is 11.3 Å². The van der Waals surface area contributed by atoms with Gasteiger partial charge >= 0.3 is 0 Å². The van der Waals surface area contributed by atoms with E-state index in [4.69, 9.17) is 9.26 Å². The highest BCUT2D eigenvalue weighted by Crippen LogP contribution is 2.32. The molecule has 1 amide bonds. The van der Waals surface area contributed by atoms with Crippen molar-refractivity contribution in [1.82, 2.24) is 10.1 Å². The predicted octanol–water partition coefficient (Wildman–Crippen LogP) is 4.79. The van der Waals surface area contributed by atoms with Gasteiger partial charge in [0, 0.05) is 37.9 Å². The molecule has 0 aliphatic rings. The second-order valence-electron chi connectivity index (χ2n) is 7.44. The van der Waals surface area contributed by atoms with Gasteiger partial charge in [-0.3, -0.25) is 4.79 Å². The number of carbonyl (C=O) groups excluding carboxylic acids is 1. The number of anilines is 1. The van der Waals surface area contributed by atoms with E-state index in [9.17, 15) is 4.79 Å². The molecule has 0 unspecified atom stereocenters. The summed E-state index contributed by atoms with van der Waals surface area (Å²) < 4.78 is 11.1. The number of amides is 1. The summed E-state index contributed by atoms with van der Waals surface area (Å²) >= 11 is 0. The predicted molar refractivity (Wildman–Crippen MR) is 123 cm³/mol. The molecule has 0 radical (unpaired) electrons. The quantitative estimate of drug-likeness (QED) is 0.471. The Hall–Kier alpha value is -3.12. The average Bonchev–Trinajstić information content (AvgIpc) is 3.21. The summed E-state index contributed by atoms with van der Waals surface area (Å²) in [7, 11) is 1.64. The van der Waals surface area contributed by atoms with Gasteiger partial charge in [-0.2, -0.15) is 0 Å². The third kappa shape index (κ3) is 5.33. The molecule has 0 atom stereocenters. The van der Waals surface area contributed by atoms with Crippen molar-refractivity contribution in [2.75, 3.05) is 38.3 Å². The van der Waals surface area contributed by atoms with E-state index in [1.54, 1.807) is 12.0 Å². The molecule has 3 aromatic rings. The van der Waals surface area contributed by atoms with Gasteiger partial charge in [-0.05, 0) is 32.9 Å². The van der Waals surface area contributed by atoms with Crippen molar-refractivity contribution in [2.24, 2.45) is 0 Å². The van der Waals surface area contributed by atoms with Crippen LogP contribution in [0.25, 0.3) is 11.3 Å². The fourth-order valence-electron chi connectivity index (χ4n) is 3.55. The average molecular weight is 422 g/mol. The van der Waals surface area contributed by atoms with Gasteiger partial charge in [-0.15, -0.1) is 0 Å². The molecule has 0 aliphatic heterocycles. The molecule has 0 saturated carbocycles. The van der Waals surface area contributed by atoms with Gasteiger partial charge < -0.3 is 19.1 Å². The van der Waals surface area contributed by atoms with Crippen molar-refractivity contribution in [3.63, 3.8) is 0 Å². The summed E-state index contributed by atoms with van der Waals surface area (Å²) in [6.07, 6.45) is 0. The zero-order chi connectivity index (χ0) is 22.2. The Bertz CT molecular complexity index is 963. The fraction of sp³-hybridized carbons (Fsp3) is 0.360. The number of nitrogens with zero attached hydrogens (tertiary/aromatic N) is 3. The van der Waals surface area contributed by atoms with Crippen molar-refractivity contribution in [2.45, 2.75) is 27.3 Å². The fourth-order valence-corrected chi connectivity index (χ4v) is 3.55. The lowest BCUT2D eigenvalue weighted by Gasteiger charge is -2.25. The summed E-state index contributed by atoms with van der Waals surface area (Å²) in [6, 6.07) is 17.6. The number of aromatic nitrogens is 1. The van der Waals surface area contributed by atoms with Crippen LogP contribution in [0, 0.1) is 6.92 Å². The first-order chi connectivity index (χ1) is 15.1. The second-order valence-corrected chi connectivity index (χ2v) is 7.44. The maximum atomic E-state index is 13.4. The van der Waals surface area contributed by atoms with E-state index in [0.29, 0.717) is 31.1 Å². The van der Waals surface area contributed by atoms with Crippen molar-refractivity contribution < 1.29 is 14.1 Å². The van der Waals surface area contributed by atoms with E-state index in [1.165, 1.54) is 0 Å². The third-order valence-electron chi connectivity index (χ3n) is 5.37. The van der Waals surface area contributed by atoms with Crippen molar-refractivity contribution in [3.05, 3.63) is 71.3 Å².